The van der Waals surface area contributed by atoms with Gasteiger partial charge in [-0.1, -0.05) is 11.6 Å². The average molecular weight is 704 g/mol. The Balaban J connectivity index is 1.26. The third-order valence-corrected chi connectivity index (χ3v) is 10.0. The van der Waals surface area contributed by atoms with E-state index < -0.39 is 11.6 Å². The van der Waals surface area contributed by atoms with E-state index in [2.05, 4.69) is 25.9 Å². The van der Waals surface area contributed by atoms with Gasteiger partial charge in [0.2, 0.25) is 0 Å². The largest absolute Gasteiger partial charge is 0.491 e. The van der Waals surface area contributed by atoms with Gasteiger partial charge in [0.05, 0.1) is 39.4 Å². The lowest BCUT2D eigenvalue weighted by molar-refractivity contribution is 0.0699. The molecule has 0 saturated carbocycles. The van der Waals surface area contributed by atoms with Crippen LogP contribution in [0.2, 0.25) is 5.02 Å². The van der Waals surface area contributed by atoms with Crippen molar-refractivity contribution >= 4 is 55.8 Å². The van der Waals surface area contributed by atoms with Crippen molar-refractivity contribution in [3.8, 4) is 22.9 Å². The molecule has 0 aliphatic carbocycles. The highest BCUT2D eigenvalue weighted by Crippen LogP contribution is 2.39. The van der Waals surface area contributed by atoms with Crippen LogP contribution in [0.4, 0.5) is 10.2 Å². The Bertz CT molecular complexity index is 2170. The van der Waals surface area contributed by atoms with Gasteiger partial charge < -0.3 is 19.6 Å². The monoisotopic (exact) mass is 703 g/mol. The number of hydrogen-bond acceptors (Lipinski definition) is 10. The van der Waals surface area contributed by atoms with E-state index >= 15 is 0 Å². The number of rotatable bonds is 10. The summed E-state index contributed by atoms with van der Waals surface area (Å²) >= 11 is 7.65. The van der Waals surface area contributed by atoms with E-state index in [-0.39, 0.29) is 41.3 Å². The van der Waals surface area contributed by atoms with Crippen LogP contribution >= 0.6 is 22.9 Å². The Hall–Kier alpha value is -4.64. The van der Waals surface area contributed by atoms with Crippen LogP contribution in [0, 0.1) is 18.3 Å². The molecule has 1 aliphatic heterocycles. The highest BCUT2D eigenvalue weighted by atomic mass is 35.5. The first-order chi connectivity index (χ1) is 23.4. The molecule has 1 aliphatic rings. The number of hydrogen-bond donors (Lipinski definition) is 1. The lowest BCUT2D eigenvalue weighted by Crippen LogP contribution is -2.47. The summed E-state index contributed by atoms with van der Waals surface area (Å²) in [7, 11) is 1.88. The van der Waals surface area contributed by atoms with Crippen LogP contribution < -0.4 is 15.2 Å². The van der Waals surface area contributed by atoms with E-state index in [4.69, 9.17) is 16.3 Å². The number of ether oxygens (including phenoxy) is 1. The maximum atomic E-state index is 14.2. The van der Waals surface area contributed by atoms with Gasteiger partial charge in [-0.2, -0.15) is 5.26 Å². The molecule has 0 unspecified atom stereocenters. The van der Waals surface area contributed by atoms with E-state index in [1.54, 1.807) is 56.6 Å². The maximum absolute atomic E-state index is 14.2. The fraction of sp³-hybridized carbons (Fsp3) is 0.371. The van der Waals surface area contributed by atoms with Gasteiger partial charge in [0.1, 0.15) is 41.3 Å². The Morgan fingerprint density at radius 1 is 1.24 bits per heavy atom. The minimum Gasteiger partial charge on any atom is -0.491 e. The fourth-order valence-electron chi connectivity index (χ4n) is 6.50. The van der Waals surface area contributed by atoms with Crippen molar-refractivity contribution in [2.24, 2.45) is 0 Å². The van der Waals surface area contributed by atoms with Crippen LogP contribution in [0.15, 0.2) is 46.8 Å². The molecular formula is C35H35ClFN7O4S. The van der Waals surface area contributed by atoms with Crippen molar-refractivity contribution < 1.29 is 19.0 Å². The number of aromatic carboxylic acids is 1. The van der Waals surface area contributed by atoms with Crippen LogP contribution in [0.3, 0.4) is 0 Å². The number of carboxylic acids is 1. The SMILES string of the molecule is Cc1nc2cnc(N(C)C3CCN(CC(C)(C)F)CC3)c(C#N)c2c(=O)n1CCOc1ccc(Cl)cc1-c1ccnc2c(C(=O)O)csc12. The quantitative estimate of drug-likeness (QED) is 0.176. The Morgan fingerprint density at radius 2 is 2.00 bits per heavy atom. The summed E-state index contributed by atoms with van der Waals surface area (Å²) in [5.74, 6) is 0.299. The predicted octanol–water partition coefficient (Wildman–Crippen LogP) is 6.33. The zero-order valence-electron chi connectivity index (χ0n) is 27.5. The molecule has 0 amide bonds. The van der Waals surface area contributed by atoms with Gasteiger partial charge in [0, 0.05) is 60.5 Å². The second-order valence-corrected chi connectivity index (χ2v) is 14.1. The smallest absolute Gasteiger partial charge is 0.338 e. The molecule has 4 aromatic heterocycles. The van der Waals surface area contributed by atoms with Crippen LogP contribution in [-0.4, -0.2) is 80.5 Å². The number of aromatic nitrogens is 4. The number of alkyl halides is 1. The minimum absolute atomic E-state index is 0.0742. The van der Waals surface area contributed by atoms with Gasteiger partial charge in [-0.25, -0.2) is 19.2 Å². The van der Waals surface area contributed by atoms with Crippen molar-refractivity contribution in [3.63, 3.8) is 0 Å². The molecule has 0 radical (unpaired) electrons. The second kappa shape index (κ2) is 13.7. The van der Waals surface area contributed by atoms with Crippen LogP contribution in [0.5, 0.6) is 5.75 Å². The van der Waals surface area contributed by atoms with Gasteiger partial charge in [-0.15, -0.1) is 11.3 Å². The van der Waals surface area contributed by atoms with Crippen LogP contribution in [0.25, 0.3) is 32.2 Å². The van der Waals surface area contributed by atoms with E-state index in [0.717, 1.165) is 31.5 Å². The number of aryl methyl sites for hydroxylation is 1. The zero-order valence-corrected chi connectivity index (χ0v) is 29.1. The highest BCUT2D eigenvalue weighted by molar-refractivity contribution is 7.18. The molecule has 49 heavy (non-hydrogen) atoms. The first-order valence-electron chi connectivity index (χ1n) is 15.8. The molecule has 1 N–H and O–H groups in total. The topological polar surface area (TPSA) is 137 Å². The number of nitriles is 1. The van der Waals surface area contributed by atoms with Gasteiger partial charge >= 0.3 is 5.97 Å². The molecule has 254 valence electrons. The number of piperidine rings is 1. The van der Waals surface area contributed by atoms with E-state index in [1.807, 2.05) is 11.9 Å². The molecule has 0 atom stereocenters. The number of fused-ring (bicyclic) bond motifs is 2. The molecule has 1 fully saturated rings. The number of thiophene rings is 1. The maximum Gasteiger partial charge on any atom is 0.338 e. The van der Waals surface area contributed by atoms with E-state index in [1.165, 1.54) is 22.1 Å². The third-order valence-electron chi connectivity index (χ3n) is 8.81. The molecule has 14 heteroatoms. The van der Waals surface area contributed by atoms with Crippen molar-refractivity contribution in [3.05, 3.63) is 74.4 Å². The number of anilines is 1. The summed E-state index contributed by atoms with van der Waals surface area (Å²) in [4.78, 5) is 43.3. The first kappa shape index (κ1) is 34.2. The average Bonchev–Trinajstić information content (AvgIpc) is 3.50. The number of likely N-dealkylation sites (tertiary alicyclic amines) is 1. The Kier molecular flexibility index (Phi) is 9.57. The second-order valence-electron chi connectivity index (χ2n) is 12.8. The van der Waals surface area contributed by atoms with Crippen LogP contribution in [-0.2, 0) is 6.54 Å². The summed E-state index contributed by atoms with van der Waals surface area (Å²) in [6.07, 6.45) is 4.63. The van der Waals surface area contributed by atoms with Gasteiger partial charge in [-0.3, -0.25) is 14.3 Å². The Labute approximate surface area is 291 Å². The third kappa shape index (κ3) is 6.94. The zero-order chi connectivity index (χ0) is 35.0. The van der Waals surface area contributed by atoms with Crippen molar-refractivity contribution in [2.75, 3.05) is 38.2 Å². The standard InChI is InChI=1S/C35H35ClFN7O4S/c1-20-41-27-17-40-32(42(4)22-8-11-43(12-9-22)19-35(2,3)37)25(16-38)29(27)33(45)44(20)13-14-48-28-6-5-21(36)15-24(28)23-7-10-39-30-26(34(46)47)18-49-31(23)30/h5-7,10,15,17-18,22H,8-9,11-14,19H2,1-4H3,(H,46,47). The molecule has 1 aromatic carbocycles. The van der Waals surface area contributed by atoms with Crippen molar-refractivity contribution in [1.82, 2.24) is 24.4 Å². The van der Waals surface area contributed by atoms with Gasteiger partial charge in [0.25, 0.3) is 5.56 Å². The molecule has 11 nitrogen and oxygen atoms in total. The molecule has 1 saturated heterocycles. The summed E-state index contributed by atoms with van der Waals surface area (Å²) in [5, 5.41) is 22.1. The molecule has 6 rings (SSSR count). The first-order valence-corrected chi connectivity index (χ1v) is 17.1. The molecule has 5 aromatic rings. The summed E-state index contributed by atoms with van der Waals surface area (Å²) in [6.45, 7) is 6.94. The van der Waals surface area contributed by atoms with Crippen LogP contribution in [0.1, 0.15) is 48.4 Å². The lowest BCUT2D eigenvalue weighted by atomic mass is 10.0. The fourth-order valence-corrected chi connectivity index (χ4v) is 7.70. The van der Waals surface area contributed by atoms with Crippen molar-refractivity contribution in [1.29, 1.82) is 5.26 Å². The minimum atomic E-state index is -1.27. The van der Waals surface area contributed by atoms with Crippen molar-refractivity contribution in [2.45, 2.75) is 51.9 Å². The Morgan fingerprint density at radius 3 is 2.69 bits per heavy atom. The lowest BCUT2D eigenvalue weighted by Gasteiger charge is -2.38. The number of nitrogens with zero attached hydrogens (tertiary/aromatic N) is 7. The van der Waals surface area contributed by atoms with Gasteiger partial charge in [0.15, 0.2) is 0 Å². The normalized spacial score (nSPS) is 14.3. The molecular weight excluding hydrogens is 669 g/mol. The molecule has 5 heterocycles. The number of benzene rings is 1. The number of carboxylic acid groups (broad SMARTS) is 1. The predicted molar refractivity (Wildman–Crippen MR) is 189 cm³/mol. The number of carbonyl (C=O) groups is 1. The number of halogens is 2. The summed E-state index contributed by atoms with van der Waals surface area (Å²) in [6, 6.07) is 9.25. The highest BCUT2D eigenvalue weighted by Gasteiger charge is 2.29. The summed E-state index contributed by atoms with van der Waals surface area (Å²) < 4.78 is 22.6. The number of pyridine rings is 2. The van der Waals surface area contributed by atoms with E-state index in [9.17, 15) is 24.3 Å². The summed E-state index contributed by atoms with van der Waals surface area (Å²) in [5.41, 5.74) is 0.740. The van der Waals surface area contributed by atoms with Gasteiger partial charge in [-0.05, 0) is 57.9 Å². The van der Waals surface area contributed by atoms with E-state index in [0.29, 0.717) is 50.3 Å². The molecule has 0 spiro atoms. The molecule has 0 bridgehead atoms.